The molecule has 2 amide bonds. The Hall–Kier alpha value is -5.12. The first-order chi connectivity index (χ1) is 23.6. The van der Waals surface area contributed by atoms with Gasteiger partial charge >= 0.3 is 0 Å². The second-order valence-corrected chi connectivity index (χ2v) is 13.8. The molecule has 252 valence electrons. The molecule has 0 saturated heterocycles. The molecule has 49 heavy (non-hydrogen) atoms. The highest BCUT2D eigenvalue weighted by Crippen LogP contribution is 2.29. The second-order valence-electron chi connectivity index (χ2n) is 11.5. The number of hydrogen-bond acceptors (Lipinski definition) is 5. The molecular formula is C39H38ClN3O5S. The monoisotopic (exact) mass is 695 g/mol. The number of anilines is 1. The van der Waals surface area contributed by atoms with Crippen molar-refractivity contribution in [3.8, 4) is 11.5 Å². The summed E-state index contributed by atoms with van der Waals surface area (Å²) in [6.07, 6.45) is 0.224. The minimum absolute atomic E-state index is 0.0318. The van der Waals surface area contributed by atoms with Crippen molar-refractivity contribution in [1.82, 2.24) is 10.2 Å². The van der Waals surface area contributed by atoms with Gasteiger partial charge in [0.15, 0.2) is 0 Å². The van der Waals surface area contributed by atoms with Crippen molar-refractivity contribution in [2.24, 2.45) is 0 Å². The number of carbonyl (C=O) groups is 2. The van der Waals surface area contributed by atoms with Crippen molar-refractivity contribution in [3.63, 3.8) is 0 Å². The lowest BCUT2D eigenvalue weighted by atomic mass is 10.0. The van der Waals surface area contributed by atoms with Crippen LogP contribution in [-0.4, -0.2) is 44.3 Å². The largest absolute Gasteiger partial charge is 0.457 e. The Morgan fingerprint density at radius 3 is 1.96 bits per heavy atom. The summed E-state index contributed by atoms with van der Waals surface area (Å²) in [6.45, 7) is 3.52. The van der Waals surface area contributed by atoms with Crippen LogP contribution in [0.3, 0.4) is 0 Å². The number of amides is 2. The maximum absolute atomic E-state index is 14.6. The van der Waals surface area contributed by atoms with Crippen molar-refractivity contribution < 1.29 is 22.7 Å². The Bertz CT molecular complexity index is 1940. The van der Waals surface area contributed by atoms with Crippen LogP contribution in [0.5, 0.6) is 11.5 Å². The molecule has 5 aromatic carbocycles. The number of nitrogens with one attached hydrogen (secondary N) is 1. The highest BCUT2D eigenvalue weighted by molar-refractivity contribution is 7.92. The van der Waals surface area contributed by atoms with Crippen LogP contribution in [0, 0.1) is 6.92 Å². The molecule has 5 rings (SSSR count). The Kier molecular flexibility index (Phi) is 11.7. The zero-order valence-electron chi connectivity index (χ0n) is 27.3. The van der Waals surface area contributed by atoms with E-state index in [9.17, 15) is 18.0 Å². The van der Waals surface area contributed by atoms with Gasteiger partial charge in [0.25, 0.3) is 10.0 Å². The van der Waals surface area contributed by atoms with Crippen molar-refractivity contribution in [2.75, 3.05) is 17.4 Å². The van der Waals surface area contributed by atoms with Gasteiger partial charge in [0.05, 0.1) is 10.6 Å². The molecule has 1 unspecified atom stereocenters. The fourth-order valence-corrected chi connectivity index (χ4v) is 6.84. The molecule has 5 aromatic rings. The number of sulfonamides is 1. The van der Waals surface area contributed by atoms with Gasteiger partial charge in [-0.05, 0) is 85.6 Å². The van der Waals surface area contributed by atoms with Gasteiger partial charge in [0.2, 0.25) is 11.8 Å². The molecule has 0 aliphatic carbocycles. The van der Waals surface area contributed by atoms with E-state index in [4.69, 9.17) is 16.3 Å². The molecule has 0 aromatic heterocycles. The van der Waals surface area contributed by atoms with E-state index in [0.717, 1.165) is 21.0 Å². The number of benzene rings is 5. The van der Waals surface area contributed by atoms with Crippen LogP contribution < -0.4 is 14.4 Å². The zero-order valence-corrected chi connectivity index (χ0v) is 28.9. The van der Waals surface area contributed by atoms with E-state index in [2.05, 4.69) is 5.32 Å². The predicted octanol–water partition coefficient (Wildman–Crippen LogP) is 7.41. The number of likely N-dealkylation sites (N-methyl/N-ethyl adjacent to an activating group) is 1. The second kappa shape index (κ2) is 16.3. The lowest BCUT2D eigenvalue weighted by molar-refractivity contribution is -0.140. The third kappa shape index (κ3) is 9.28. The van der Waals surface area contributed by atoms with Crippen molar-refractivity contribution >= 4 is 39.1 Å². The van der Waals surface area contributed by atoms with Gasteiger partial charge in [-0.1, -0.05) is 90.0 Å². The number of hydrogen-bond donors (Lipinski definition) is 1. The van der Waals surface area contributed by atoms with Crippen LogP contribution in [0.15, 0.2) is 138 Å². The third-order valence-corrected chi connectivity index (χ3v) is 9.92. The molecule has 0 heterocycles. The minimum Gasteiger partial charge on any atom is -0.457 e. The normalized spacial score (nSPS) is 11.7. The van der Waals surface area contributed by atoms with Crippen LogP contribution in [0.1, 0.15) is 23.6 Å². The third-order valence-electron chi connectivity index (χ3n) is 7.88. The van der Waals surface area contributed by atoms with E-state index in [0.29, 0.717) is 23.1 Å². The fraction of sp³-hybridized carbons (Fsp3) is 0.179. The Balaban J connectivity index is 1.54. The zero-order chi connectivity index (χ0) is 34.8. The number of para-hydroxylation sites is 1. The Labute approximate surface area is 293 Å². The number of halogens is 1. The molecule has 0 aliphatic heterocycles. The molecule has 0 bridgehead atoms. The topological polar surface area (TPSA) is 96.0 Å². The molecule has 0 saturated carbocycles. The quantitative estimate of drug-likeness (QED) is 0.131. The summed E-state index contributed by atoms with van der Waals surface area (Å²) >= 11 is 6.16. The highest BCUT2D eigenvalue weighted by atomic mass is 35.5. The van der Waals surface area contributed by atoms with Crippen LogP contribution in [0.4, 0.5) is 5.69 Å². The first-order valence-corrected chi connectivity index (χ1v) is 17.7. The summed E-state index contributed by atoms with van der Waals surface area (Å²) in [6, 6.07) is 37.7. The summed E-state index contributed by atoms with van der Waals surface area (Å²) in [7, 11) is -4.24. The molecule has 10 heteroatoms. The average Bonchev–Trinajstić information content (AvgIpc) is 3.11. The van der Waals surface area contributed by atoms with Crippen molar-refractivity contribution in [1.29, 1.82) is 0 Å². The number of nitrogens with zero attached hydrogens (tertiary/aromatic N) is 2. The summed E-state index contributed by atoms with van der Waals surface area (Å²) in [4.78, 5) is 29.7. The molecule has 0 aliphatic rings. The van der Waals surface area contributed by atoms with Gasteiger partial charge in [-0.3, -0.25) is 13.9 Å². The van der Waals surface area contributed by atoms with Crippen molar-refractivity contribution in [2.45, 2.75) is 37.8 Å². The van der Waals surface area contributed by atoms with E-state index in [-0.39, 0.29) is 29.5 Å². The summed E-state index contributed by atoms with van der Waals surface area (Å²) in [5, 5.41) is 3.40. The molecule has 1 atom stereocenters. The highest BCUT2D eigenvalue weighted by Gasteiger charge is 2.34. The van der Waals surface area contributed by atoms with Crippen molar-refractivity contribution in [3.05, 3.63) is 155 Å². The Morgan fingerprint density at radius 1 is 0.755 bits per heavy atom. The van der Waals surface area contributed by atoms with Crippen LogP contribution in [-0.2, 0) is 32.6 Å². The maximum Gasteiger partial charge on any atom is 0.264 e. The predicted molar refractivity (Wildman–Crippen MR) is 193 cm³/mol. The number of ether oxygens (including phenoxy) is 1. The van der Waals surface area contributed by atoms with Gasteiger partial charge in [0.1, 0.15) is 24.1 Å². The van der Waals surface area contributed by atoms with Gasteiger partial charge in [-0.15, -0.1) is 0 Å². The van der Waals surface area contributed by atoms with Gasteiger partial charge < -0.3 is 15.0 Å². The fourth-order valence-electron chi connectivity index (χ4n) is 5.30. The maximum atomic E-state index is 14.6. The standard InChI is InChI=1S/C39H38ClN3O5S/c1-3-41-39(45)37(26-30-10-6-4-7-11-30)42(27-31-16-18-32(40)19-17-31)38(44)28-43(49(46,47)36-24-14-29(2)15-25-36)33-20-22-35(23-21-33)48-34-12-8-5-9-13-34/h4-25,37H,3,26-28H2,1-2H3,(H,41,45). The molecule has 8 nitrogen and oxygen atoms in total. The first-order valence-electron chi connectivity index (χ1n) is 15.9. The molecule has 0 spiro atoms. The van der Waals surface area contributed by atoms with Crippen LogP contribution in [0.2, 0.25) is 5.02 Å². The number of carbonyl (C=O) groups excluding carboxylic acids is 2. The van der Waals surface area contributed by atoms with Crippen LogP contribution in [0.25, 0.3) is 0 Å². The smallest absolute Gasteiger partial charge is 0.264 e. The summed E-state index contributed by atoms with van der Waals surface area (Å²) in [5.41, 5.74) is 2.74. The van der Waals surface area contributed by atoms with E-state index in [1.54, 1.807) is 60.7 Å². The average molecular weight is 696 g/mol. The van der Waals surface area contributed by atoms with E-state index >= 15 is 0 Å². The van der Waals surface area contributed by atoms with Gasteiger partial charge in [-0.25, -0.2) is 8.42 Å². The molecular weight excluding hydrogens is 658 g/mol. The lowest BCUT2D eigenvalue weighted by Gasteiger charge is -2.34. The molecule has 0 radical (unpaired) electrons. The summed E-state index contributed by atoms with van der Waals surface area (Å²) in [5.74, 6) is 0.228. The molecule has 0 fully saturated rings. The van der Waals surface area contributed by atoms with E-state index < -0.39 is 28.5 Å². The molecule has 1 N–H and O–H groups in total. The van der Waals surface area contributed by atoms with Gasteiger partial charge in [0, 0.05) is 24.5 Å². The van der Waals surface area contributed by atoms with E-state index in [1.165, 1.54) is 17.0 Å². The SMILES string of the molecule is CCNC(=O)C(Cc1ccccc1)N(Cc1ccc(Cl)cc1)C(=O)CN(c1ccc(Oc2ccccc2)cc1)S(=O)(=O)c1ccc(C)cc1. The van der Waals surface area contributed by atoms with Crippen LogP contribution >= 0.6 is 11.6 Å². The minimum atomic E-state index is -4.24. The first kappa shape index (κ1) is 35.2. The van der Waals surface area contributed by atoms with Gasteiger partial charge in [-0.2, -0.15) is 0 Å². The Morgan fingerprint density at radius 2 is 1.35 bits per heavy atom. The summed E-state index contributed by atoms with van der Waals surface area (Å²) < 4.78 is 35.6. The van der Waals surface area contributed by atoms with E-state index in [1.807, 2.05) is 74.5 Å². The lowest BCUT2D eigenvalue weighted by Crippen LogP contribution is -2.53. The number of rotatable bonds is 14. The number of aryl methyl sites for hydroxylation is 1.